The molecule has 106 valence electrons. The molecule has 1 amide bonds. The molecule has 2 atom stereocenters. The summed E-state index contributed by atoms with van der Waals surface area (Å²) in [6, 6.07) is -0.307. The van der Waals surface area contributed by atoms with Crippen molar-refractivity contribution >= 4 is 11.9 Å². The number of carbonyl (C=O) groups is 2. The smallest absolute Gasteiger partial charge is 0.325 e. The van der Waals surface area contributed by atoms with E-state index < -0.39 is 17.5 Å². The first kappa shape index (κ1) is 16.9. The Balaban J connectivity index is 4.69. The molecule has 0 saturated carbocycles. The van der Waals surface area contributed by atoms with Gasteiger partial charge in [-0.05, 0) is 40.7 Å². The van der Waals surface area contributed by atoms with Gasteiger partial charge in [0.05, 0.1) is 13.2 Å². The molecule has 0 spiro atoms. The molecule has 0 aromatic rings. The Morgan fingerprint density at radius 2 is 1.94 bits per heavy atom. The van der Waals surface area contributed by atoms with Crippen molar-refractivity contribution in [1.82, 2.24) is 10.6 Å². The Labute approximate surface area is 109 Å². The van der Waals surface area contributed by atoms with Crippen LogP contribution in [-0.2, 0) is 14.3 Å². The summed E-state index contributed by atoms with van der Waals surface area (Å²) in [5, 5.41) is 6.00. The molecule has 0 aliphatic carbocycles. The van der Waals surface area contributed by atoms with Crippen LogP contribution in [0.5, 0.6) is 0 Å². The van der Waals surface area contributed by atoms with Crippen molar-refractivity contribution < 1.29 is 14.3 Å². The van der Waals surface area contributed by atoms with Crippen molar-refractivity contribution in [2.45, 2.75) is 51.2 Å². The third-order valence-electron chi connectivity index (χ3n) is 2.87. The summed E-state index contributed by atoms with van der Waals surface area (Å²) in [4.78, 5) is 23.0. The number of esters is 1. The molecule has 6 nitrogen and oxygen atoms in total. The zero-order chi connectivity index (χ0) is 14.3. The highest BCUT2D eigenvalue weighted by Gasteiger charge is 2.35. The Kier molecular flexibility index (Phi) is 6.86. The van der Waals surface area contributed by atoms with Gasteiger partial charge in [0.2, 0.25) is 5.91 Å². The number of primary amides is 1. The van der Waals surface area contributed by atoms with E-state index in [1.165, 1.54) is 7.11 Å². The van der Waals surface area contributed by atoms with Crippen LogP contribution in [-0.4, -0.2) is 43.7 Å². The normalized spacial score (nSPS) is 16.1. The third-order valence-corrected chi connectivity index (χ3v) is 2.87. The maximum absolute atomic E-state index is 11.8. The second kappa shape index (κ2) is 7.33. The van der Waals surface area contributed by atoms with Gasteiger partial charge in [0.25, 0.3) is 0 Å². The molecule has 2 unspecified atom stereocenters. The molecular formula is C12H25N3O3. The zero-order valence-corrected chi connectivity index (χ0v) is 11.9. The van der Waals surface area contributed by atoms with Crippen LogP contribution >= 0.6 is 0 Å². The van der Waals surface area contributed by atoms with Crippen molar-refractivity contribution in [3.05, 3.63) is 0 Å². The molecule has 18 heavy (non-hydrogen) atoms. The van der Waals surface area contributed by atoms with Gasteiger partial charge in [-0.2, -0.15) is 0 Å². The third kappa shape index (κ3) is 5.01. The highest BCUT2D eigenvalue weighted by Crippen LogP contribution is 2.17. The first-order valence-corrected chi connectivity index (χ1v) is 6.09. The second-order valence-corrected chi connectivity index (χ2v) is 4.91. The molecule has 6 heteroatoms. The number of methoxy groups -OCH3 is 1. The van der Waals surface area contributed by atoms with Gasteiger partial charge in [0.15, 0.2) is 0 Å². The number of amides is 1. The average Bonchev–Trinajstić information content (AvgIpc) is 2.27. The number of nitrogens with two attached hydrogens (primary N) is 1. The van der Waals surface area contributed by atoms with Crippen LogP contribution in [0.3, 0.4) is 0 Å². The minimum atomic E-state index is -0.812. The summed E-state index contributed by atoms with van der Waals surface area (Å²) in [7, 11) is 3.02. The average molecular weight is 259 g/mol. The Morgan fingerprint density at radius 1 is 1.39 bits per heavy atom. The van der Waals surface area contributed by atoms with E-state index >= 15 is 0 Å². The van der Waals surface area contributed by atoms with Gasteiger partial charge in [-0.25, -0.2) is 0 Å². The first-order valence-electron chi connectivity index (χ1n) is 6.09. The summed E-state index contributed by atoms with van der Waals surface area (Å²) >= 11 is 0. The van der Waals surface area contributed by atoms with Crippen molar-refractivity contribution in [3.8, 4) is 0 Å². The van der Waals surface area contributed by atoms with Gasteiger partial charge in [0, 0.05) is 6.04 Å². The monoisotopic (exact) mass is 259 g/mol. The number of hydrogen-bond donors (Lipinski definition) is 3. The number of nitrogens with one attached hydrogen (secondary N) is 2. The highest BCUT2D eigenvalue weighted by atomic mass is 16.5. The van der Waals surface area contributed by atoms with Gasteiger partial charge < -0.3 is 15.8 Å². The SMILES string of the molecule is CNC(CCC(C)(NC(C)C)C(=O)OC)C(N)=O. The van der Waals surface area contributed by atoms with Crippen LogP contribution in [0.2, 0.25) is 0 Å². The van der Waals surface area contributed by atoms with Crippen molar-refractivity contribution in [3.63, 3.8) is 0 Å². The lowest BCUT2D eigenvalue weighted by Crippen LogP contribution is -2.54. The van der Waals surface area contributed by atoms with Gasteiger partial charge in [-0.3, -0.25) is 14.9 Å². The Hall–Kier alpha value is -1.14. The summed E-state index contributed by atoms with van der Waals surface area (Å²) in [6.07, 6.45) is 0.934. The maximum atomic E-state index is 11.8. The van der Waals surface area contributed by atoms with Gasteiger partial charge in [-0.1, -0.05) is 0 Å². The number of carbonyl (C=O) groups excluding carboxylic acids is 2. The van der Waals surface area contributed by atoms with E-state index in [9.17, 15) is 9.59 Å². The van der Waals surface area contributed by atoms with E-state index in [0.29, 0.717) is 12.8 Å². The largest absolute Gasteiger partial charge is 0.468 e. The van der Waals surface area contributed by atoms with Crippen LogP contribution in [0.4, 0.5) is 0 Å². The topological polar surface area (TPSA) is 93.4 Å². The summed E-state index contributed by atoms with van der Waals surface area (Å²) in [6.45, 7) is 5.67. The van der Waals surface area contributed by atoms with Crippen LogP contribution in [0.15, 0.2) is 0 Å². The van der Waals surface area contributed by atoms with Gasteiger partial charge in [-0.15, -0.1) is 0 Å². The van der Waals surface area contributed by atoms with Crippen molar-refractivity contribution in [2.24, 2.45) is 5.73 Å². The molecule has 0 radical (unpaired) electrons. The lowest BCUT2D eigenvalue weighted by Gasteiger charge is -2.31. The number of ether oxygens (including phenoxy) is 1. The van der Waals surface area contributed by atoms with E-state index in [0.717, 1.165) is 0 Å². The zero-order valence-electron chi connectivity index (χ0n) is 11.9. The van der Waals surface area contributed by atoms with E-state index in [-0.39, 0.29) is 12.0 Å². The molecule has 0 bridgehead atoms. The van der Waals surface area contributed by atoms with Crippen LogP contribution in [0.1, 0.15) is 33.6 Å². The summed E-state index contributed by atoms with van der Waals surface area (Å²) in [5.74, 6) is -0.759. The number of hydrogen-bond acceptors (Lipinski definition) is 5. The van der Waals surface area contributed by atoms with Crippen molar-refractivity contribution in [1.29, 1.82) is 0 Å². The highest BCUT2D eigenvalue weighted by molar-refractivity contribution is 5.81. The molecule has 0 aliphatic rings. The molecule has 0 aromatic heterocycles. The van der Waals surface area contributed by atoms with E-state index in [4.69, 9.17) is 10.5 Å². The fraction of sp³-hybridized carbons (Fsp3) is 0.833. The number of rotatable bonds is 8. The Morgan fingerprint density at radius 3 is 2.28 bits per heavy atom. The Bertz CT molecular complexity index is 294. The first-order chi connectivity index (χ1) is 8.26. The quantitative estimate of drug-likeness (QED) is 0.524. The molecule has 0 aromatic carbocycles. The van der Waals surface area contributed by atoms with Gasteiger partial charge in [0.1, 0.15) is 5.54 Å². The standard InChI is InChI=1S/C12H25N3O3/c1-8(2)15-12(3,11(17)18-5)7-6-9(14-4)10(13)16/h8-9,14-15H,6-7H2,1-5H3,(H2,13,16). The van der Waals surface area contributed by atoms with Crippen molar-refractivity contribution in [2.75, 3.05) is 14.2 Å². The minimum Gasteiger partial charge on any atom is -0.468 e. The van der Waals surface area contributed by atoms with E-state index in [1.807, 2.05) is 13.8 Å². The van der Waals surface area contributed by atoms with Gasteiger partial charge >= 0.3 is 5.97 Å². The van der Waals surface area contributed by atoms with E-state index in [1.54, 1.807) is 14.0 Å². The molecule has 0 rings (SSSR count). The van der Waals surface area contributed by atoms with Crippen LogP contribution in [0, 0.1) is 0 Å². The summed E-state index contributed by atoms with van der Waals surface area (Å²) < 4.78 is 4.80. The number of likely N-dealkylation sites (N-methyl/N-ethyl adjacent to an activating group) is 1. The molecule has 0 heterocycles. The molecule has 4 N–H and O–H groups in total. The maximum Gasteiger partial charge on any atom is 0.325 e. The summed E-state index contributed by atoms with van der Waals surface area (Å²) in [5.41, 5.74) is 4.44. The minimum absolute atomic E-state index is 0.135. The fourth-order valence-corrected chi connectivity index (χ4v) is 1.96. The molecule has 0 fully saturated rings. The van der Waals surface area contributed by atoms with Crippen LogP contribution in [0.25, 0.3) is 0 Å². The fourth-order valence-electron chi connectivity index (χ4n) is 1.96. The second-order valence-electron chi connectivity index (χ2n) is 4.91. The lowest BCUT2D eigenvalue weighted by atomic mass is 9.92. The molecule has 0 saturated heterocycles. The van der Waals surface area contributed by atoms with Crippen LogP contribution < -0.4 is 16.4 Å². The molecular weight excluding hydrogens is 234 g/mol. The molecule has 0 aliphatic heterocycles. The van der Waals surface area contributed by atoms with E-state index in [2.05, 4.69) is 10.6 Å². The predicted molar refractivity (Wildman–Crippen MR) is 70.0 cm³/mol. The lowest BCUT2D eigenvalue weighted by molar-refractivity contribution is -0.148. The predicted octanol–water partition coefficient (Wildman–Crippen LogP) is -0.230.